The molecule has 2 unspecified atom stereocenters. The molecule has 1 saturated heterocycles. The van der Waals surface area contributed by atoms with E-state index in [1.807, 2.05) is 63.2 Å². The van der Waals surface area contributed by atoms with Gasteiger partial charge < -0.3 is 9.64 Å². The zero-order chi connectivity index (χ0) is 23.0. The van der Waals surface area contributed by atoms with Gasteiger partial charge in [0, 0.05) is 13.1 Å². The number of hydrogen-bond donors (Lipinski definition) is 0. The molecule has 0 bridgehead atoms. The van der Waals surface area contributed by atoms with Crippen LogP contribution in [0.3, 0.4) is 0 Å². The van der Waals surface area contributed by atoms with E-state index in [4.69, 9.17) is 4.74 Å². The second kappa shape index (κ2) is 8.81. The van der Waals surface area contributed by atoms with Crippen molar-refractivity contribution in [2.75, 3.05) is 24.6 Å². The van der Waals surface area contributed by atoms with Gasteiger partial charge in [0.05, 0.1) is 17.9 Å². The number of carbonyl (C=O) groups excluding carboxylic acids is 2. The zero-order valence-electron chi connectivity index (χ0n) is 19.6. The van der Waals surface area contributed by atoms with E-state index >= 15 is 0 Å². The number of nitrogens with zero attached hydrogens (tertiary/aromatic N) is 2. The number of aryl methyl sites for hydroxylation is 2. The van der Waals surface area contributed by atoms with Gasteiger partial charge in [-0.05, 0) is 73.9 Å². The fourth-order valence-electron chi connectivity index (χ4n) is 4.98. The van der Waals surface area contributed by atoms with Gasteiger partial charge >= 0.3 is 0 Å². The Balaban J connectivity index is 1.83. The van der Waals surface area contributed by atoms with Gasteiger partial charge in [-0.2, -0.15) is 0 Å². The van der Waals surface area contributed by atoms with Gasteiger partial charge in [-0.3, -0.25) is 9.59 Å². The normalized spacial score (nSPS) is 21.5. The van der Waals surface area contributed by atoms with Crippen molar-refractivity contribution in [2.45, 2.75) is 41.0 Å². The highest BCUT2D eigenvalue weighted by Crippen LogP contribution is 2.38. The van der Waals surface area contributed by atoms with E-state index in [9.17, 15) is 9.59 Å². The number of anilines is 1. The summed E-state index contributed by atoms with van der Waals surface area (Å²) in [5, 5.41) is 0. The number of carbonyl (C=O) groups is 2. The summed E-state index contributed by atoms with van der Waals surface area (Å²) in [6.07, 6.45) is 1.13. The molecule has 0 spiro atoms. The van der Waals surface area contributed by atoms with Crippen LogP contribution in [0.1, 0.15) is 43.9 Å². The fraction of sp³-hybridized carbons (Fsp3) is 0.407. The van der Waals surface area contributed by atoms with Crippen LogP contribution in [0.4, 0.5) is 5.69 Å². The predicted molar refractivity (Wildman–Crippen MR) is 127 cm³/mol. The standard InChI is InChI=1S/C27H32N2O3/c1-6-32-22-11-9-21(10-12-22)24-25(28-15-18(3)13-19(4)16-28)27(31)29(26(24)30)23-14-17(2)7-8-20(23)5/h7-12,14,18-19H,6,13,15-16H2,1-5H3. The lowest BCUT2D eigenvalue weighted by molar-refractivity contribution is -0.120. The Kier molecular flexibility index (Phi) is 6.09. The molecule has 5 heteroatoms. The summed E-state index contributed by atoms with van der Waals surface area (Å²) in [6.45, 7) is 12.4. The molecule has 2 amide bonds. The molecule has 2 atom stereocenters. The van der Waals surface area contributed by atoms with Gasteiger partial charge in [0.2, 0.25) is 0 Å². The molecule has 2 aliphatic heterocycles. The minimum atomic E-state index is -0.256. The third kappa shape index (κ3) is 4.04. The Bertz CT molecular complexity index is 1060. The molecule has 168 valence electrons. The van der Waals surface area contributed by atoms with Crippen molar-refractivity contribution in [1.29, 1.82) is 0 Å². The topological polar surface area (TPSA) is 49.9 Å². The monoisotopic (exact) mass is 432 g/mol. The van der Waals surface area contributed by atoms with E-state index in [2.05, 4.69) is 18.7 Å². The van der Waals surface area contributed by atoms with Gasteiger partial charge in [0.15, 0.2) is 0 Å². The summed E-state index contributed by atoms with van der Waals surface area (Å²) in [5.74, 6) is 1.19. The lowest BCUT2D eigenvalue weighted by Gasteiger charge is -2.37. The van der Waals surface area contributed by atoms with E-state index in [-0.39, 0.29) is 11.8 Å². The maximum atomic E-state index is 13.8. The van der Waals surface area contributed by atoms with Crippen LogP contribution in [0, 0.1) is 25.7 Å². The molecule has 0 N–H and O–H groups in total. The second-order valence-electron chi connectivity index (χ2n) is 9.27. The first-order valence-electron chi connectivity index (χ1n) is 11.5. The minimum absolute atomic E-state index is 0.228. The Morgan fingerprint density at radius 3 is 2.22 bits per heavy atom. The average Bonchev–Trinajstić information content (AvgIpc) is 3.00. The largest absolute Gasteiger partial charge is 0.494 e. The molecule has 0 aromatic heterocycles. The van der Waals surface area contributed by atoms with E-state index in [0.717, 1.165) is 42.0 Å². The van der Waals surface area contributed by atoms with Crippen LogP contribution in [0.5, 0.6) is 5.75 Å². The van der Waals surface area contributed by atoms with Crippen molar-refractivity contribution >= 4 is 23.1 Å². The minimum Gasteiger partial charge on any atom is -0.494 e. The number of hydrogen-bond acceptors (Lipinski definition) is 4. The summed E-state index contributed by atoms with van der Waals surface area (Å²) < 4.78 is 5.57. The van der Waals surface area contributed by atoms with Crippen molar-refractivity contribution in [3.05, 3.63) is 64.9 Å². The summed E-state index contributed by atoms with van der Waals surface area (Å²) >= 11 is 0. The van der Waals surface area contributed by atoms with Crippen molar-refractivity contribution in [2.24, 2.45) is 11.8 Å². The molecule has 0 aliphatic carbocycles. The third-order valence-electron chi connectivity index (χ3n) is 6.30. The Morgan fingerprint density at radius 2 is 1.59 bits per heavy atom. The van der Waals surface area contributed by atoms with Crippen LogP contribution in [0.2, 0.25) is 0 Å². The molecule has 32 heavy (non-hydrogen) atoms. The Morgan fingerprint density at radius 1 is 0.938 bits per heavy atom. The van der Waals surface area contributed by atoms with E-state index < -0.39 is 0 Å². The number of benzene rings is 2. The van der Waals surface area contributed by atoms with Gasteiger partial charge in [-0.1, -0.05) is 38.1 Å². The molecule has 2 aliphatic rings. The zero-order valence-corrected chi connectivity index (χ0v) is 19.6. The fourth-order valence-corrected chi connectivity index (χ4v) is 4.98. The van der Waals surface area contributed by atoms with E-state index in [0.29, 0.717) is 35.4 Å². The third-order valence-corrected chi connectivity index (χ3v) is 6.30. The molecule has 0 saturated carbocycles. The van der Waals surface area contributed by atoms with Gasteiger partial charge in [0.25, 0.3) is 11.8 Å². The van der Waals surface area contributed by atoms with Crippen molar-refractivity contribution in [1.82, 2.24) is 4.90 Å². The number of ether oxygens (including phenoxy) is 1. The van der Waals surface area contributed by atoms with Crippen LogP contribution in [-0.4, -0.2) is 36.4 Å². The smallest absolute Gasteiger partial charge is 0.282 e. The maximum Gasteiger partial charge on any atom is 0.282 e. The summed E-state index contributed by atoms with van der Waals surface area (Å²) in [7, 11) is 0. The van der Waals surface area contributed by atoms with Gasteiger partial charge in [-0.15, -0.1) is 0 Å². The first-order chi connectivity index (χ1) is 15.3. The Hall–Kier alpha value is -3.08. The van der Waals surface area contributed by atoms with Crippen molar-refractivity contribution in [3.63, 3.8) is 0 Å². The molecule has 0 radical (unpaired) electrons. The SMILES string of the molecule is CCOc1ccc(C2=C(N3CC(C)CC(C)C3)C(=O)N(c3cc(C)ccc3C)C2=O)cc1. The molecule has 2 aromatic rings. The predicted octanol–water partition coefficient (Wildman–Crippen LogP) is 4.96. The van der Waals surface area contributed by atoms with Crippen LogP contribution >= 0.6 is 0 Å². The summed E-state index contributed by atoms with van der Waals surface area (Å²) in [4.78, 5) is 31.1. The molecular formula is C27H32N2O3. The Labute approximate surface area is 190 Å². The highest BCUT2D eigenvalue weighted by atomic mass is 16.5. The second-order valence-corrected chi connectivity index (χ2v) is 9.27. The van der Waals surface area contributed by atoms with E-state index in [1.54, 1.807) is 0 Å². The number of amides is 2. The first-order valence-corrected chi connectivity index (χ1v) is 11.5. The number of likely N-dealkylation sites (tertiary alicyclic amines) is 1. The molecule has 1 fully saturated rings. The molecule has 4 rings (SSSR count). The highest BCUT2D eigenvalue weighted by molar-refractivity contribution is 6.45. The highest BCUT2D eigenvalue weighted by Gasteiger charge is 2.44. The summed E-state index contributed by atoms with van der Waals surface area (Å²) in [6, 6.07) is 13.4. The first kappa shape index (κ1) is 22.1. The quantitative estimate of drug-likeness (QED) is 0.627. The summed E-state index contributed by atoms with van der Waals surface area (Å²) in [5.41, 5.74) is 4.35. The van der Waals surface area contributed by atoms with Gasteiger partial charge in [-0.25, -0.2) is 4.90 Å². The number of rotatable bonds is 5. The van der Waals surface area contributed by atoms with Crippen LogP contribution in [-0.2, 0) is 9.59 Å². The molecule has 2 heterocycles. The van der Waals surface area contributed by atoms with Crippen LogP contribution in [0.25, 0.3) is 5.57 Å². The lowest BCUT2D eigenvalue weighted by atomic mass is 9.91. The van der Waals surface area contributed by atoms with Gasteiger partial charge in [0.1, 0.15) is 11.4 Å². The molecular weight excluding hydrogens is 400 g/mol. The van der Waals surface area contributed by atoms with Crippen LogP contribution < -0.4 is 9.64 Å². The van der Waals surface area contributed by atoms with Crippen LogP contribution in [0.15, 0.2) is 48.2 Å². The molecule has 5 nitrogen and oxygen atoms in total. The maximum absolute atomic E-state index is 13.8. The molecule has 2 aromatic carbocycles. The number of piperidine rings is 1. The van der Waals surface area contributed by atoms with Crippen molar-refractivity contribution < 1.29 is 14.3 Å². The lowest BCUT2D eigenvalue weighted by Crippen LogP contribution is -2.42. The number of imide groups is 1. The van der Waals surface area contributed by atoms with Crippen molar-refractivity contribution in [3.8, 4) is 5.75 Å². The van der Waals surface area contributed by atoms with E-state index in [1.165, 1.54) is 4.90 Å². The average molecular weight is 433 g/mol.